The minimum absolute atomic E-state index is 0.168. The summed E-state index contributed by atoms with van der Waals surface area (Å²) in [6.45, 7) is 0.541. The van der Waals surface area contributed by atoms with E-state index in [-0.39, 0.29) is 5.91 Å². The quantitative estimate of drug-likeness (QED) is 0.766. The molecule has 1 amide bonds. The molecule has 116 valence electrons. The van der Waals surface area contributed by atoms with Gasteiger partial charge in [0.2, 0.25) is 0 Å². The molecule has 0 saturated heterocycles. The van der Waals surface area contributed by atoms with Crippen LogP contribution in [0.25, 0.3) is 10.6 Å². The molecule has 1 N–H and O–H groups in total. The van der Waals surface area contributed by atoms with Gasteiger partial charge >= 0.3 is 0 Å². The number of nitrogens with zero attached hydrogens (tertiary/aromatic N) is 2. The van der Waals surface area contributed by atoms with Crippen LogP contribution in [0.15, 0.2) is 54.2 Å². The first-order chi connectivity index (χ1) is 11.2. The van der Waals surface area contributed by atoms with Gasteiger partial charge in [-0.25, -0.2) is 4.98 Å². The van der Waals surface area contributed by atoms with Crippen LogP contribution < -0.4 is 5.32 Å². The van der Waals surface area contributed by atoms with E-state index in [0.29, 0.717) is 17.3 Å². The van der Waals surface area contributed by atoms with Gasteiger partial charge < -0.3 is 5.32 Å². The van der Waals surface area contributed by atoms with Crippen LogP contribution >= 0.6 is 22.9 Å². The Morgan fingerprint density at radius 2 is 2.17 bits per heavy atom. The lowest BCUT2D eigenvalue weighted by atomic mass is 10.1. The lowest BCUT2D eigenvalue weighted by Gasteiger charge is -2.04. The van der Waals surface area contributed by atoms with Gasteiger partial charge in [-0.15, -0.1) is 11.3 Å². The van der Waals surface area contributed by atoms with Gasteiger partial charge in [0.15, 0.2) is 0 Å². The van der Waals surface area contributed by atoms with Gasteiger partial charge in [0, 0.05) is 34.9 Å². The number of halogens is 1. The molecule has 0 atom stereocenters. The van der Waals surface area contributed by atoms with Crippen molar-refractivity contribution >= 4 is 28.8 Å². The van der Waals surface area contributed by atoms with E-state index in [2.05, 4.69) is 15.3 Å². The second kappa shape index (κ2) is 7.35. The van der Waals surface area contributed by atoms with Gasteiger partial charge in [-0.05, 0) is 36.2 Å². The summed E-state index contributed by atoms with van der Waals surface area (Å²) in [5.41, 5.74) is 2.43. The van der Waals surface area contributed by atoms with E-state index in [0.717, 1.165) is 22.6 Å². The first-order valence-electron chi connectivity index (χ1n) is 7.11. The Balaban J connectivity index is 1.58. The maximum absolute atomic E-state index is 12.1. The number of carbonyl (C=O) groups is 1. The lowest BCUT2D eigenvalue weighted by molar-refractivity contribution is 0.0950. The highest BCUT2D eigenvalue weighted by molar-refractivity contribution is 7.13. The average Bonchev–Trinajstić information content (AvgIpc) is 3.06. The molecule has 0 aliphatic heterocycles. The molecular weight excluding hydrogens is 330 g/mol. The van der Waals surface area contributed by atoms with Crippen molar-refractivity contribution in [1.82, 2.24) is 15.3 Å². The molecule has 0 aliphatic carbocycles. The van der Waals surface area contributed by atoms with Crippen LogP contribution in [-0.2, 0) is 6.42 Å². The fourth-order valence-corrected chi connectivity index (χ4v) is 3.11. The third-order valence-electron chi connectivity index (χ3n) is 3.23. The topological polar surface area (TPSA) is 54.9 Å². The Morgan fingerprint density at radius 1 is 1.26 bits per heavy atom. The zero-order valence-corrected chi connectivity index (χ0v) is 13.8. The van der Waals surface area contributed by atoms with Gasteiger partial charge in [-0.1, -0.05) is 23.7 Å². The lowest BCUT2D eigenvalue weighted by Crippen LogP contribution is -2.25. The summed E-state index contributed by atoms with van der Waals surface area (Å²) in [5.74, 6) is -0.168. The largest absolute Gasteiger partial charge is 0.350 e. The number of benzene rings is 1. The SMILES string of the molecule is O=C(NCCc1cccc(Cl)c1)c1csc(-c2cccnc2)n1. The summed E-state index contributed by atoms with van der Waals surface area (Å²) in [6.07, 6.45) is 4.17. The Kier molecular flexibility index (Phi) is 5.00. The van der Waals surface area contributed by atoms with Crippen molar-refractivity contribution in [3.8, 4) is 10.6 Å². The summed E-state index contributed by atoms with van der Waals surface area (Å²) < 4.78 is 0. The smallest absolute Gasteiger partial charge is 0.270 e. The Labute approximate surface area is 143 Å². The molecule has 0 unspecified atom stereocenters. The first-order valence-corrected chi connectivity index (χ1v) is 8.37. The maximum Gasteiger partial charge on any atom is 0.270 e. The zero-order valence-electron chi connectivity index (χ0n) is 12.2. The maximum atomic E-state index is 12.1. The fourth-order valence-electron chi connectivity index (χ4n) is 2.10. The predicted octanol–water partition coefficient (Wildman–Crippen LogP) is 3.83. The molecule has 0 aliphatic rings. The van der Waals surface area contributed by atoms with Crippen molar-refractivity contribution in [2.45, 2.75) is 6.42 Å². The Hall–Kier alpha value is -2.24. The van der Waals surface area contributed by atoms with E-state index in [1.807, 2.05) is 36.4 Å². The second-order valence-corrected chi connectivity index (χ2v) is 6.21. The molecular formula is C17H14ClN3OS. The standard InChI is InChI=1S/C17H14ClN3OS/c18-14-5-1-3-12(9-14)6-8-20-16(22)15-11-23-17(21-15)13-4-2-7-19-10-13/h1-5,7,9-11H,6,8H2,(H,20,22). The van der Waals surface area contributed by atoms with Crippen molar-refractivity contribution in [2.75, 3.05) is 6.54 Å². The fraction of sp³-hybridized carbons (Fsp3) is 0.118. The van der Waals surface area contributed by atoms with E-state index < -0.39 is 0 Å². The molecule has 2 aromatic heterocycles. The summed E-state index contributed by atoms with van der Waals surface area (Å²) in [7, 11) is 0. The third kappa shape index (κ3) is 4.15. The summed E-state index contributed by atoms with van der Waals surface area (Å²) >= 11 is 7.38. The second-order valence-electron chi connectivity index (χ2n) is 4.92. The van der Waals surface area contributed by atoms with Crippen LogP contribution in [0, 0.1) is 0 Å². The summed E-state index contributed by atoms with van der Waals surface area (Å²) in [5, 5.41) is 6.13. The number of amides is 1. The van der Waals surface area contributed by atoms with E-state index in [4.69, 9.17) is 11.6 Å². The highest BCUT2D eigenvalue weighted by atomic mass is 35.5. The number of thiazole rings is 1. The summed E-state index contributed by atoms with van der Waals surface area (Å²) in [6, 6.07) is 11.4. The van der Waals surface area contributed by atoms with E-state index in [1.165, 1.54) is 11.3 Å². The molecule has 0 bridgehead atoms. The molecule has 3 aromatic rings. The van der Waals surface area contributed by atoms with Crippen molar-refractivity contribution in [3.63, 3.8) is 0 Å². The van der Waals surface area contributed by atoms with Crippen LogP contribution in [0.1, 0.15) is 16.1 Å². The average molecular weight is 344 g/mol. The molecule has 2 heterocycles. The van der Waals surface area contributed by atoms with E-state index in [9.17, 15) is 4.79 Å². The van der Waals surface area contributed by atoms with Gasteiger partial charge in [-0.2, -0.15) is 0 Å². The molecule has 4 nitrogen and oxygen atoms in total. The molecule has 3 rings (SSSR count). The molecule has 1 aromatic carbocycles. The van der Waals surface area contributed by atoms with Crippen LogP contribution in [-0.4, -0.2) is 22.4 Å². The van der Waals surface area contributed by atoms with Crippen LogP contribution in [0.2, 0.25) is 5.02 Å². The molecule has 6 heteroatoms. The highest BCUT2D eigenvalue weighted by Crippen LogP contribution is 2.22. The van der Waals surface area contributed by atoms with Crippen LogP contribution in [0.5, 0.6) is 0 Å². The van der Waals surface area contributed by atoms with Gasteiger partial charge in [-0.3, -0.25) is 9.78 Å². The monoisotopic (exact) mass is 343 g/mol. The highest BCUT2D eigenvalue weighted by Gasteiger charge is 2.11. The van der Waals surface area contributed by atoms with Crippen molar-refractivity contribution in [3.05, 3.63) is 70.5 Å². The van der Waals surface area contributed by atoms with Crippen molar-refractivity contribution < 1.29 is 4.79 Å². The number of pyridine rings is 1. The van der Waals surface area contributed by atoms with Gasteiger partial charge in [0.05, 0.1) is 0 Å². The van der Waals surface area contributed by atoms with Crippen LogP contribution in [0.4, 0.5) is 0 Å². The zero-order chi connectivity index (χ0) is 16.1. The number of aromatic nitrogens is 2. The normalized spacial score (nSPS) is 10.5. The third-order valence-corrected chi connectivity index (χ3v) is 4.36. The minimum Gasteiger partial charge on any atom is -0.350 e. The Morgan fingerprint density at radius 3 is 2.96 bits per heavy atom. The number of rotatable bonds is 5. The van der Waals surface area contributed by atoms with Crippen molar-refractivity contribution in [1.29, 1.82) is 0 Å². The summed E-state index contributed by atoms with van der Waals surface area (Å²) in [4.78, 5) is 20.6. The molecule has 23 heavy (non-hydrogen) atoms. The number of hydrogen-bond donors (Lipinski definition) is 1. The number of hydrogen-bond acceptors (Lipinski definition) is 4. The minimum atomic E-state index is -0.168. The van der Waals surface area contributed by atoms with Crippen molar-refractivity contribution in [2.24, 2.45) is 0 Å². The van der Waals surface area contributed by atoms with Gasteiger partial charge in [0.1, 0.15) is 10.7 Å². The molecule has 0 radical (unpaired) electrons. The number of carbonyl (C=O) groups excluding carboxylic acids is 1. The van der Waals surface area contributed by atoms with Gasteiger partial charge in [0.25, 0.3) is 5.91 Å². The predicted molar refractivity (Wildman–Crippen MR) is 92.8 cm³/mol. The molecule has 0 fully saturated rings. The Bertz CT molecular complexity index is 804. The van der Waals surface area contributed by atoms with E-state index in [1.54, 1.807) is 17.8 Å². The number of nitrogens with one attached hydrogen (secondary N) is 1. The van der Waals surface area contributed by atoms with Crippen LogP contribution in [0.3, 0.4) is 0 Å². The molecule has 0 spiro atoms. The van der Waals surface area contributed by atoms with E-state index >= 15 is 0 Å². The molecule has 0 saturated carbocycles. The first kappa shape index (κ1) is 15.6.